The summed E-state index contributed by atoms with van der Waals surface area (Å²) in [5.74, 6) is 0.984. The molecule has 24 heavy (non-hydrogen) atoms. The summed E-state index contributed by atoms with van der Waals surface area (Å²) in [4.78, 5) is 7.67. The maximum Gasteiger partial charge on any atom is 0.173 e. The Morgan fingerprint density at radius 2 is 2.08 bits per heavy atom. The van der Waals surface area contributed by atoms with Gasteiger partial charge in [0.25, 0.3) is 0 Å². The second-order valence-electron chi connectivity index (χ2n) is 6.13. The fourth-order valence-corrected chi connectivity index (χ4v) is 3.37. The molecule has 1 aliphatic rings. The van der Waals surface area contributed by atoms with Gasteiger partial charge >= 0.3 is 0 Å². The van der Waals surface area contributed by atoms with Gasteiger partial charge in [-0.2, -0.15) is 0 Å². The lowest BCUT2D eigenvalue weighted by Crippen LogP contribution is -2.09. The SMILES string of the molecule is COCCOc1ccc2c(ccc3[nH]c4c(c32)C(O)N=CC4C)c1. The van der Waals surface area contributed by atoms with Crippen LogP contribution in [0.4, 0.5) is 0 Å². The van der Waals surface area contributed by atoms with Crippen LogP contribution in [0.15, 0.2) is 35.3 Å². The van der Waals surface area contributed by atoms with Crippen LogP contribution in [-0.2, 0) is 4.74 Å². The van der Waals surface area contributed by atoms with Crippen molar-refractivity contribution in [2.45, 2.75) is 19.1 Å². The van der Waals surface area contributed by atoms with Crippen molar-refractivity contribution >= 4 is 27.9 Å². The molecule has 124 valence electrons. The number of hydrogen-bond acceptors (Lipinski definition) is 4. The largest absolute Gasteiger partial charge is 0.491 e. The third-order valence-corrected chi connectivity index (χ3v) is 4.54. The van der Waals surface area contributed by atoms with E-state index >= 15 is 0 Å². The average molecular weight is 324 g/mol. The topological polar surface area (TPSA) is 66.8 Å². The van der Waals surface area contributed by atoms with Gasteiger partial charge in [-0.25, -0.2) is 0 Å². The Morgan fingerprint density at radius 3 is 2.92 bits per heavy atom. The van der Waals surface area contributed by atoms with E-state index in [1.54, 1.807) is 13.3 Å². The van der Waals surface area contributed by atoms with Gasteiger partial charge in [0.05, 0.1) is 6.61 Å². The smallest absolute Gasteiger partial charge is 0.173 e. The lowest BCUT2D eigenvalue weighted by Gasteiger charge is -2.17. The number of aromatic nitrogens is 1. The van der Waals surface area contributed by atoms with Gasteiger partial charge in [-0.05, 0) is 29.0 Å². The Labute approximate surface area is 139 Å². The zero-order chi connectivity index (χ0) is 16.7. The molecule has 1 aliphatic heterocycles. The van der Waals surface area contributed by atoms with E-state index in [1.807, 2.05) is 24.3 Å². The second-order valence-corrected chi connectivity index (χ2v) is 6.13. The molecule has 2 N–H and O–H groups in total. The first-order valence-corrected chi connectivity index (χ1v) is 8.10. The van der Waals surface area contributed by atoms with Crippen molar-refractivity contribution in [3.05, 3.63) is 41.6 Å². The maximum atomic E-state index is 10.4. The molecule has 0 spiro atoms. The van der Waals surface area contributed by atoms with Crippen LogP contribution in [0, 0.1) is 0 Å². The first-order chi connectivity index (χ1) is 11.7. The number of aliphatic hydroxyl groups is 1. The molecular weight excluding hydrogens is 304 g/mol. The molecule has 0 saturated carbocycles. The van der Waals surface area contributed by atoms with Crippen LogP contribution in [0.25, 0.3) is 21.7 Å². The van der Waals surface area contributed by atoms with Gasteiger partial charge in [0.15, 0.2) is 6.23 Å². The summed E-state index contributed by atoms with van der Waals surface area (Å²) in [5, 5.41) is 13.6. The van der Waals surface area contributed by atoms with Gasteiger partial charge in [-0.15, -0.1) is 0 Å². The van der Waals surface area contributed by atoms with Crippen molar-refractivity contribution < 1.29 is 14.6 Å². The molecule has 0 amide bonds. The minimum absolute atomic E-state index is 0.169. The van der Waals surface area contributed by atoms with Crippen LogP contribution >= 0.6 is 0 Å². The van der Waals surface area contributed by atoms with Gasteiger partial charge in [-0.1, -0.05) is 19.1 Å². The summed E-state index contributed by atoms with van der Waals surface area (Å²) in [6, 6.07) is 10.1. The summed E-state index contributed by atoms with van der Waals surface area (Å²) < 4.78 is 10.7. The molecule has 0 saturated heterocycles. The van der Waals surface area contributed by atoms with E-state index in [4.69, 9.17) is 9.47 Å². The predicted molar refractivity (Wildman–Crippen MR) is 95.0 cm³/mol. The minimum atomic E-state index is -0.812. The molecule has 0 radical (unpaired) electrons. The Kier molecular flexibility index (Phi) is 3.75. The van der Waals surface area contributed by atoms with Crippen molar-refractivity contribution in [1.82, 2.24) is 4.98 Å². The molecule has 4 rings (SSSR count). The fourth-order valence-electron chi connectivity index (χ4n) is 3.37. The van der Waals surface area contributed by atoms with E-state index in [1.165, 1.54) is 0 Å². The minimum Gasteiger partial charge on any atom is -0.491 e. The third-order valence-electron chi connectivity index (χ3n) is 4.54. The Balaban J connectivity index is 1.86. The van der Waals surface area contributed by atoms with Crippen molar-refractivity contribution in [2.24, 2.45) is 4.99 Å². The zero-order valence-electron chi connectivity index (χ0n) is 13.7. The summed E-state index contributed by atoms with van der Waals surface area (Å²) in [6.07, 6.45) is 0.986. The van der Waals surface area contributed by atoms with E-state index in [2.05, 4.69) is 23.0 Å². The summed E-state index contributed by atoms with van der Waals surface area (Å²) in [7, 11) is 1.66. The molecule has 5 heteroatoms. The van der Waals surface area contributed by atoms with Crippen LogP contribution in [-0.4, -0.2) is 36.6 Å². The number of fused-ring (bicyclic) bond motifs is 5. The predicted octanol–water partition coefficient (Wildman–Crippen LogP) is 3.53. The first kappa shape index (κ1) is 15.2. The van der Waals surface area contributed by atoms with Gasteiger partial charge < -0.3 is 19.6 Å². The Hall–Kier alpha value is -2.37. The molecule has 3 aromatic rings. The van der Waals surface area contributed by atoms with Crippen molar-refractivity contribution in [3.63, 3.8) is 0 Å². The van der Waals surface area contributed by atoms with Crippen molar-refractivity contribution in [2.75, 3.05) is 20.3 Å². The number of aliphatic imine (C=N–C) groups is 1. The van der Waals surface area contributed by atoms with E-state index in [9.17, 15) is 5.11 Å². The summed E-state index contributed by atoms with van der Waals surface area (Å²) >= 11 is 0. The maximum absolute atomic E-state index is 10.4. The Bertz CT molecular complexity index is 929. The van der Waals surface area contributed by atoms with Crippen molar-refractivity contribution in [3.8, 4) is 5.75 Å². The van der Waals surface area contributed by atoms with Crippen LogP contribution in [0.1, 0.15) is 30.3 Å². The molecule has 0 bridgehead atoms. The molecule has 0 aliphatic carbocycles. The highest BCUT2D eigenvalue weighted by Crippen LogP contribution is 2.39. The number of nitrogens with one attached hydrogen (secondary N) is 1. The Morgan fingerprint density at radius 1 is 1.21 bits per heavy atom. The highest BCUT2D eigenvalue weighted by atomic mass is 16.5. The van der Waals surface area contributed by atoms with Crippen LogP contribution < -0.4 is 4.74 Å². The van der Waals surface area contributed by atoms with E-state index in [0.717, 1.165) is 38.7 Å². The summed E-state index contributed by atoms with van der Waals surface area (Å²) in [5.41, 5.74) is 2.95. The number of nitrogens with zero attached hydrogens (tertiary/aromatic N) is 1. The average Bonchev–Trinajstić information content (AvgIpc) is 2.99. The van der Waals surface area contributed by atoms with E-state index in [0.29, 0.717) is 13.2 Å². The lowest BCUT2D eigenvalue weighted by molar-refractivity contribution is 0.146. The monoisotopic (exact) mass is 324 g/mol. The van der Waals surface area contributed by atoms with Gasteiger partial charge in [-0.3, -0.25) is 4.99 Å². The highest BCUT2D eigenvalue weighted by molar-refractivity contribution is 6.09. The lowest BCUT2D eigenvalue weighted by atomic mass is 9.96. The fraction of sp³-hybridized carbons (Fsp3) is 0.316. The number of H-pyrrole nitrogens is 1. The van der Waals surface area contributed by atoms with Gasteiger partial charge in [0.1, 0.15) is 12.4 Å². The molecule has 1 aromatic heterocycles. The van der Waals surface area contributed by atoms with Crippen LogP contribution in [0.2, 0.25) is 0 Å². The van der Waals surface area contributed by atoms with E-state index in [-0.39, 0.29) is 5.92 Å². The van der Waals surface area contributed by atoms with Gasteiger partial charge in [0, 0.05) is 41.4 Å². The quantitative estimate of drug-likeness (QED) is 0.722. The number of aromatic amines is 1. The number of hydrogen-bond donors (Lipinski definition) is 2. The van der Waals surface area contributed by atoms with Gasteiger partial charge in [0.2, 0.25) is 0 Å². The standard InChI is InChI=1S/C19H20N2O3/c1-11-10-20-19(22)17-16-14-5-4-13(24-8-7-23-2)9-12(14)3-6-15(16)21-18(11)17/h3-6,9-11,19,21-22H,7-8H2,1-2H3. The molecule has 2 heterocycles. The van der Waals surface area contributed by atoms with E-state index < -0.39 is 6.23 Å². The highest BCUT2D eigenvalue weighted by Gasteiger charge is 2.25. The number of methoxy groups -OCH3 is 1. The first-order valence-electron chi connectivity index (χ1n) is 8.10. The van der Waals surface area contributed by atoms with Crippen molar-refractivity contribution in [1.29, 1.82) is 0 Å². The normalized spacial score (nSPS) is 19.8. The summed E-state index contributed by atoms with van der Waals surface area (Å²) in [6.45, 7) is 3.16. The second kappa shape index (κ2) is 5.92. The molecule has 2 atom stereocenters. The molecular formula is C19H20N2O3. The third kappa shape index (κ3) is 2.37. The van der Waals surface area contributed by atoms with Crippen LogP contribution in [0.3, 0.4) is 0 Å². The van der Waals surface area contributed by atoms with Crippen LogP contribution in [0.5, 0.6) is 5.75 Å². The number of benzene rings is 2. The number of rotatable bonds is 4. The zero-order valence-corrected chi connectivity index (χ0v) is 13.7. The molecule has 2 unspecified atom stereocenters. The molecule has 2 aromatic carbocycles. The number of aliphatic hydroxyl groups excluding tert-OH is 1. The molecule has 0 fully saturated rings. The number of ether oxygens (including phenoxy) is 2. The molecule has 5 nitrogen and oxygen atoms in total.